The summed E-state index contributed by atoms with van der Waals surface area (Å²) in [5.41, 5.74) is 4.45. The molecule has 1 aliphatic heterocycles. The largest absolute Gasteiger partial charge is 0.366 e. The highest BCUT2D eigenvalue weighted by Crippen LogP contribution is 2.29. The van der Waals surface area contributed by atoms with Gasteiger partial charge < -0.3 is 11.1 Å². The SMILES string of the molecule is CC1(c2cccc(C(N)=O)c2)NC(=O)N(CCCS(=O)(=O)c2ccc(F)cc2)C1=O. The molecule has 0 radical (unpaired) electrons. The van der Waals surface area contributed by atoms with E-state index in [4.69, 9.17) is 5.73 Å². The van der Waals surface area contributed by atoms with Crippen LogP contribution < -0.4 is 11.1 Å². The van der Waals surface area contributed by atoms with Gasteiger partial charge in [0.2, 0.25) is 5.91 Å². The van der Waals surface area contributed by atoms with Crippen LogP contribution in [0.2, 0.25) is 0 Å². The monoisotopic (exact) mass is 433 g/mol. The number of amides is 4. The number of hydrogen-bond acceptors (Lipinski definition) is 5. The number of nitrogens with one attached hydrogen (secondary N) is 1. The van der Waals surface area contributed by atoms with Crippen molar-refractivity contribution in [3.8, 4) is 0 Å². The molecule has 1 heterocycles. The first-order valence-electron chi connectivity index (χ1n) is 9.07. The van der Waals surface area contributed by atoms with E-state index in [0.717, 1.165) is 17.0 Å². The van der Waals surface area contributed by atoms with Crippen molar-refractivity contribution < 1.29 is 27.2 Å². The smallest absolute Gasteiger partial charge is 0.325 e. The average Bonchev–Trinajstić information content (AvgIpc) is 2.92. The van der Waals surface area contributed by atoms with Crippen molar-refractivity contribution in [2.75, 3.05) is 12.3 Å². The molecule has 4 amide bonds. The summed E-state index contributed by atoms with van der Waals surface area (Å²) < 4.78 is 37.7. The molecule has 3 rings (SSSR count). The van der Waals surface area contributed by atoms with E-state index in [2.05, 4.69) is 5.32 Å². The van der Waals surface area contributed by atoms with Crippen LogP contribution in [0.15, 0.2) is 53.4 Å². The Hall–Kier alpha value is -3.27. The van der Waals surface area contributed by atoms with Gasteiger partial charge in [-0.05, 0) is 55.3 Å². The van der Waals surface area contributed by atoms with E-state index in [-0.39, 0.29) is 29.2 Å². The first kappa shape index (κ1) is 21.4. The Kier molecular flexibility index (Phi) is 5.62. The van der Waals surface area contributed by atoms with E-state index in [0.29, 0.717) is 5.56 Å². The molecule has 3 N–H and O–H groups in total. The lowest BCUT2D eigenvalue weighted by atomic mass is 9.90. The van der Waals surface area contributed by atoms with Crippen LogP contribution in [-0.4, -0.2) is 43.5 Å². The van der Waals surface area contributed by atoms with Crippen LogP contribution in [0.4, 0.5) is 9.18 Å². The highest BCUT2D eigenvalue weighted by atomic mass is 32.2. The van der Waals surface area contributed by atoms with E-state index in [9.17, 15) is 27.2 Å². The van der Waals surface area contributed by atoms with Crippen LogP contribution in [0.5, 0.6) is 0 Å². The summed E-state index contributed by atoms with van der Waals surface area (Å²) >= 11 is 0. The number of primary amides is 1. The quantitative estimate of drug-likeness (QED) is 0.506. The van der Waals surface area contributed by atoms with Crippen LogP contribution in [0.3, 0.4) is 0 Å². The molecule has 8 nitrogen and oxygen atoms in total. The molecule has 2 aromatic carbocycles. The van der Waals surface area contributed by atoms with Gasteiger partial charge in [-0.25, -0.2) is 17.6 Å². The Balaban J connectivity index is 1.71. The van der Waals surface area contributed by atoms with Crippen molar-refractivity contribution in [3.63, 3.8) is 0 Å². The van der Waals surface area contributed by atoms with Crippen molar-refractivity contribution in [1.82, 2.24) is 10.2 Å². The maximum absolute atomic E-state index is 13.0. The molecular weight excluding hydrogens is 413 g/mol. The number of imide groups is 1. The topological polar surface area (TPSA) is 127 Å². The fourth-order valence-electron chi connectivity index (χ4n) is 3.25. The lowest BCUT2D eigenvalue weighted by molar-refractivity contribution is -0.131. The van der Waals surface area contributed by atoms with Crippen LogP contribution in [0.25, 0.3) is 0 Å². The first-order chi connectivity index (χ1) is 14.0. The fourth-order valence-corrected chi connectivity index (χ4v) is 4.55. The molecule has 1 fully saturated rings. The van der Waals surface area contributed by atoms with Gasteiger partial charge in [-0.2, -0.15) is 0 Å². The average molecular weight is 433 g/mol. The summed E-state index contributed by atoms with van der Waals surface area (Å²) in [4.78, 5) is 37.6. The zero-order valence-electron chi connectivity index (χ0n) is 16.1. The Morgan fingerprint density at radius 3 is 2.47 bits per heavy atom. The number of nitrogens with two attached hydrogens (primary N) is 1. The molecule has 1 aliphatic rings. The normalized spacial score (nSPS) is 19.1. The van der Waals surface area contributed by atoms with Gasteiger partial charge in [0.05, 0.1) is 10.6 Å². The highest BCUT2D eigenvalue weighted by molar-refractivity contribution is 7.91. The highest BCUT2D eigenvalue weighted by Gasteiger charge is 2.48. The molecule has 0 aromatic heterocycles. The molecule has 0 aliphatic carbocycles. The number of carbonyl (C=O) groups excluding carboxylic acids is 3. The molecule has 1 atom stereocenters. The van der Waals surface area contributed by atoms with E-state index in [1.54, 1.807) is 12.1 Å². The van der Waals surface area contributed by atoms with Crippen LogP contribution in [0, 0.1) is 5.82 Å². The standard InChI is InChI=1S/C20H20FN3O5S/c1-20(14-5-2-4-13(12-14)17(22)25)18(26)24(19(27)23-20)10-3-11-30(28,29)16-8-6-15(21)7-9-16/h2,4-9,12H,3,10-11H2,1H3,(H2,22,25)(H,23,27). The second kappa shape index (κ2) is 7.86. The van der Waals surface area contributed by atoms with E-state index >= 15 is 0 Å². The van der Waals surface area contributed by atoms with Crippen molar-refractivity contribution in [3.05, 3.63) is 65.5 Å². The third-order valence-corrected chi connectivity index (χ3v) is 6.78. The van der Waals surface area contributed by atoms with Gasteiger partial charge in [0.25, 0.3) is 5.91 Å². The number of hydrogen-bond donors (Lipinski definition) is 2. The van der Waals surface area contributed by atoms with Gasteiger partial charge in [0.1, 0.15) is 11.4 Å². The fraction of sp³-hybridized carbons (Fsp3) is 0.250. The first-order valence-corrected chi connectivity index (χ1v) is 10.7. The van der Waals surface area contributed by atoms with Crippen LogP contribution in [0.1, 0.15) is 29.3 Å². The van der Waals surface area contributed by atoms with Gasteiger partial charge >= 0.3 is 6.03 Å². The molecule has 10 heteroatoms. The molecule has 30 heavy (non-hydrogen) atoms. The molecule has 2 aromatic rings. The lowest BCUT2D eigenvalue weighted by Crippen LogP contribution is -2.41. The number of urea groups is 1. The van der Waals surface area contributed by atoms with Gasteiger partial charge in [-0.1, -0.05) is 12.1 Å². The second-order valence-electron chi connectivity index (χ2n) is 7.08. The minimum Gasteiger partial charge on any atom is -0.366 e. The van der Waals surface area contributed by atoms with Gasteiger partial charge in [0.15, 0.2) is 9.84 Å². The summed E-state index contributed by atoms with van der Waals surface area (Å²) in [5, 5.41) is 2.59. The second-order valence-corrected chi connectivity index (χ2v) is 9.19. The molecule has 1 unspecified atom stereocenters. The number of carbonyl (C=O) groups is 3. The summed E-state index contributed by atoms with van der Waals surface area (Å²) in [7, 11) is -3.69. The van der Waals surface area contributed by atoms with Crippen molar-refractivity contribution in [1.29, 1.82) is 0 Å². The Labute approximate surface area is 172 Å². The number of benzene rings is 2. The van der Waals surface area contributed by atoms with Crippen LogP contribution >= 0.6 is 0 Å². The summed E-state index contributed by atoms with van der Waals surface area (Å²) in [6, 6.07) is 9.85. The Morgan fingerprint density at radius 2 is 1.83 bits per heavy atom. The maximum Gasteiger partial charge on any atom is 0.325 e. The van der Waals surface area contributed by atoms with E-state index < -0.39 is 39.0 Å². The minimum absolute atomic E-state index is 0.0102. The van der Waals surface area contributed by atoms with E-state index in [1.807, 2.05) is 0 Å². The summed E-state index contributed by atoms with van der Waals surface area (Å²) in [6.45, 7) is 1.39. The predicted molar refractivity (Wildman–Crippen MR) is 106 cm³/mol. The minimum atomic E-state index is -3.69. The Bertz CT molecular complexity index is 1120. The Morgan fingerprint density at radius 1 is 1.17 bits per heavy atom. The molecular formula is C20H20FN3O5S. The summed E-state index contributed by atoms with van der Waals surface area (Å²) in [6.07, 6.45) is 0.0102. The van der Waals surface area contributed by atoms with Gasteiger partial charge in [-0.15, -0.1) is 0 Å². The molecule has 0 saturated carbocycles. The lowest BCUT2D eigenvalue weighted by Gasteiger charge is -2.22. The number of nitrogens with zero attached hydrogens (tertiary/aromatic N) is 1. The number of rotatable bonds is 7. The van der Waals surface area contributed by atoms with Crippen molar-refractivity contribution in [2.45, 2.75) is 23.8 Å². The van der Waals surface area contributed by atoms with Gasteiger partial charge in [-0.3, -0.25) is 14.5 Å². The molecule has 1 saturated heterocycles. The molecule has 0 spiro atoms. The third-order valence-electron chi connectivity index (χ3n) is 4.97. The predicted octanol–water partition coefficient (Wildman–Crippen LogP) is 1.56. The maximum atomic E-state index is 13.0. The third kappa shape index (κ3) is 4.04. The zero-order valence-corrected chi connectivity index (χ0v) is 16.9. The molecule has 0 bridgehead atoms. The summed E-state index contributed by atoms with van der Waals surface area (Å²) in [5.74, 6) is -2.09. The van der Waals surface area contributed by atoms with Crippen molar-refractivity contribution in [2.24, 2.45) is 5.73 Å². The van der Waals surface area contributed by atoms with Crippen molar-refractivity contribution >= 4 is 27.7 Å². The van der Waals surface area contributed by atoms with Gasteiger partial charge in [0, 0.05) is 12.1 Å². The number of sulfone groups is 1. The van der Waals surface area contributed by atoms with Crippen LogP contribution in [-0.2, 0) is 20.2 Å². The zero-order chi connectivity index (χ0) is 22.1. The van der Waals surface area contributed by atoms with E-state index in [1.165, 1.54) is 31.2 Å². The molecule has 158 valence electrons. The number of halogens is 1.